The van der Waals surface area contributed by atoms with Crippen molar-refractivity contribution in [3.63, 3.8) is 0 Å². The van der Waals surface area contributed by atoms with Gasteiger partial charge >= 0.3 is 17.1 Å². The summed E-state index contributed by atoms with van der Waals surface area (Å²) in [6.07, 6.45) is 23.6. The number of hydrogen-bond donors (Lipinski definition) is 0. The quantitative estimate of drug-likeness (QED) is 0.265. The first-order valence-corrected chi connectivity index (χ1v) is 11.7. The van der Waals surface area contributed by atoms with E-state index in [9.17, 15) is 9.59 Å². The van der Waals surface area contributed by atoms with E-state index in [1.54, 1.807) is 23.1 Å². The minimum atomic E-state index is -0.466. The number of allylic oxidation sites excluding steroid dienone is 8. The maximum absolute atomic E-state index is 12.2. The Hall–Kier alpha value is -2.73. The molecule has 2 aromatic rings. The van der Waals surface area contributed by atoms with Crippen LogP contribution in [0.4, 0.5) is 5.69 Å². The molecule has 34 heavy (non-hydrogen) atoms. The SMILES string of the molecule is C1=CCC=C1.O=C1C(=O)N(CCCCCCn2cc(C3C=CC=C3)nn2)c2ccc(Cl)cc21.[Fe+2]. The maximum atomic E-state index is 12.2. The number of unbranched alkanes of at least 4 members (excludes halogenated alkanes) is 3. The van der Waals surface area contributed by atoms with Crippen LogP contribution in [0.1, 0.15) is 54.1 Å². The molecule has 5 rings (SSSR count). The number of aryl methyl sites for hydroxylation is 1. The van der Waals surface area contributed by atoms with Crippen molar-refractivity contribution in [2.75, 3.05) is 11.4 Å². The minimum absolute atomic E-state index is 0. The molecular weight excluding hydrogens is 492 g/mol. The molecule has 0 saturated heterocycles. The molecule has 0 saturated carbocycles. The fourth-order valence-electron chi connectivity index (χ4n) is 3.99. The number of rotatable bonds is 8. The number of ketones is 1. The smallest absolute Gasteiger partial charge is 0.305 e. The molecular formula is C26H27ClFeN4O2+2. The molecule has 0 atom stereocenters. The summed E-state index contributed by atoms with van der Waals surface area (Å²) in [5.74, 6) is -0.680. The molecule has 0 unspecified atom stereocenters. The van der Waals surface area contributed by atoms with Gasteiger partial charge in [0.2, 0.25) is 0 Å². The average Bonchev–Trinajstić information content (AvgIpc) is 3.62. The standard InChI is InChI=1S/C21H21ClN4O2.C5H6.Fe/c22-16-9-10-19-17(13-16)20(27)21(28)26(19)12-6-2-1-5-11-25-14-18(23-24-25)15-7-3-4-8-15;1-2-4-5-3-1;/h3-4,7-10,13-15H,1-2,5-6,11-12H2;1-4H,5H2;/q;;+2. The van der Waals surface area contributed by atoms with Crippen molar-refractivity contribution in [1.82, 2.24) is 15.0 Å². The molecule has 2 aliphatic carbocycles. The summed E-state index contributed by atoms with van der Waals surface area (Å²) in [5.41, 5.74) is 2.05. The Bertz CT molecular complexity index is 1110. The molecule has 1 aromatic carbocycles. The van der Waals surface area contributed by atoms with E-state index in [1.807, 2.05) is 23.0 Å². The number of Topliss-reactive ketones (excluding diaryl/α,β-unsaturated/α-hetero) is 1. The summed E-state index contributed by atoms with van der Waals surface area (Å²) >= 11 is 5.93. The Kier molecular flexibility index (Phi) is 9.63. The van der Waals surface area contributed by atoms with Gasteiger partial charge in [0.15, 0.2) is 0 Å². The molecule has 0 fully saturated rings. The molecule has 8 heteroatoms. The van der Waals surface area contributed by atoms with Crippen LogP contribution < -0.4 is 4.90 Å². The number of aromatic nitrogens is 3. The Labute approximate surface area is 215 Å². The van der Waals surface area contributed by atoms with Crippen LogP contribution in [0.5, 0.6) is 0 Å². The third kappa shape index (κ3) is 6.44. The van der Waals surface area contributed by atoms with Crippen LogP contribution in [-0.4, -0.2) is 33.2 Å². The van der Waals surface area contributed by atoms with Gasteiger partial charge < -0.3 is 4.90 Å². The Morgan fingerprint density at radius 3 is 2.32 bits per heavy atom. The van der Waals surface area contributed by atoms with Crippen molar-refractivity contribution in [3.05, 3.63) is 89.3 Å². The van der Waals surface area contributed by atoms with Crippen molar-refractivity contribution in [1.29, 1.82) is 0 Å². The largest absolute Gasteiger partial charge is 2.00 e. The van der Waals surface area contributed by atoms with Gasteiger partial charge in [0.1, 0.15) is 0 Å². The monoisotopic (exact) mass is 518 g/mol. The van der Waals surface area contributed by atoms with Gasteiger partial charge in [-0.05, 0) is 37.5 Å². The Morgan fingerprint density at radius 2 is 1.65 bits per heavy atom. The molecule has 0 N–H and O–H groups in total. The second-order valence-corrected chi connectivity index (χ2v) is 8.59. The van der Waals surface area contributed by atoms with Gasteiger partial charge in [-0.3, -0.25) is 14.3 Å². The number of benzene rings is 1. The first-order valence-electron chi connectivity index (χ1n) is 11.4. The molecule has 0 spiro atoms. The zero-order chi connectivity index (χ0) is 23.0. The van der Waals surface area contributed by atoms with E-state index in [-0.39, 0.29) is 23.0 Å². The molecule has 1 amide bonds. The van der Waals surface area contributed by atoms with Gasteiger partial charge in [0.25, 0.3) is 11.7 Å². The third-order valence-corrected chi connectivity index (χ3v) is 5.99. The van der Waals surface area contributed by atoms with Crippen LogP contribution in [0.2, 0.25) is 5.02 Å². The predicted molar refractivity (Wildman–Crippen MR) is 131 cm³/mol. The summed E-state index contributed by atoms with van der Waals surface area (Å²) < 4.78 is 1.89. The van der Waals surface area contributed by atoms with E-state index >= 15 is 0 Å². The topological polar surface area (TPSA) is 68.1 Å². The van der Waals surface area contributed by atoms with Gasteiger partial charge in [0, 0.05) is 30.2 Å². The van der Waals surface area contributed by atoms with Crippen LogP contribution >= 0.6 is 11.6 Å². The number of fused-ring (bicyclic) bond motifs is 1. The van der Waals surface area contributed by atoms with Crippen LogP contribution in [0, 0.1) is 0 Å². The Morgan fingerprint density at radius 1 is 0.941 bits per heavy atom. The number of nitrogens with zero attached hydrogens (tertiary/aromatic N) is 4. The number of hydrogen-bond acceptors (Lipinski definition) is 4. The van der Waals surface area contributed by atoms with Gasteiger partial charge in [-0.15, -0.1) is 5.10 Å². The van der Waals surface area contributed by atoms with E-state index in [0.717, 1.165) is 44.3 Å². The molecule has 1 aliphatic heterocycles. The van der Waals surface area contributed by atoms with E-state index in [0.29, 0.717) is 22.8 Å². The van der Waals surface area contributed by atoms with Crippen molar-refractivity contribution in [2.24, 2.45) is 0 Å². The molecule has 176 valence electrons. The van der Waals surface area contributed by atoms with E-state index in [2.05, 4.69) is 46.8 Å². The molecule has 1 aromatic heterocycles. The van der Waals surface area contributed by atoms with Crippen LogP contribution in [0.3, 0.4) is 0 Å². The molecule has 0 bridgehead atoms. The van der Waals surface area contributed by atoms with Gasteiger partial charge in [-0.25, -0.2) is 0 Å². The third-order valence-electron chi connectivity index (χ3n) is 5.75. The van der Waals surface area contributed by atoms with Gasteiger partial charge in [-0.2, -0.15) is 0 Å². The summed E-state index contributed by atoms with van der Waals surface area (Å²) in [5, 5.41) is 8.89. The summed E-state index contributed by atoms with van der Waals surface area (Å²) in [6.45, 7) is 1.38. The van der Waals surface area contributed by atoms with E-state index in [1.165, 1.54) is 0 Å². The molecule has 2 heterocycles. The zero-order valence-corrected chi connectivity index (χ0v) is 20.7. The van der Waals surface area contributed by atoms with Crippen molar-refractivity contribution in [2.45, 2.75) is 44.6 Å². The number of amides is 1. The first kappa shape index (κ1) is 25.9. The van der Waals surface area contributed by atoms with Gasteiger partial charge in [-0.1, -0.05) is 78.3 Å². The Balaban J connectivity index is 0.000000481. The number of carbonyl (C=O) groups is 2. The summed E-state index contributed by atoms with van der Waals surface area (Å²) in [7, 11) is 0. The predicted octanol–water partition coefficient (Wildman–Crippen LogP) is 5.43. The van der Waals surface area contributed by atoms with Gasteiger partial charge in [0.05, 0.1) is 16.9 Å². The molecule has 6 nitrogen and oxygen atoms in total. The van der Waals surface area contributed by atoms with E-state index < -0.39 is 11.7 Å². The minimum Gasteiger partial charge on any atom is -0.305 e. The van der Waals surface area contributed by atoms with E-state index in [4.69, 9.17) is 11.6 Å². The average molecular weight is 519 g/mol. The normalized spacial score (nSPS) is 15.6. The second kappa shape index (κ2) is 12.7. The van der Waals surface area contributed by atoms with Crippen LogP contribution in [-0.2, 0) is 28.4 Å². The van der Waals surface area contributed by atoms with Crippen molar-refractivity contribution < 1.29 is 26.7 Å². The summed E-state index contributed by atoms with van der Waals surface area (Å²) in [6, 6.07) is 5.03. The maximum Gasteiger partial charge on any atom is 2.00 e. The van der Waals surface area contributed by atoms with Crippen molar-refractivity contribution >= 4 is 29.0 Å². The van der Waals surface area contributed by atoms with Crippen LogP contribution in [0.25, 0.3) is 0 Å². The fourth-order valence-corrected chi connectivity index (χ4v) is 4.16. The first-order chi connectivity index (χ1) is 16.1. The second-order valence-electron chi connectivity index (χ2n) is 8.16. The molecule has 3 aliphatic rings. The van der Waals surface area contributed by atoms with Crippen LogP contribution in [0.15, 0.2) is 73.0 Å². The fraction of sp³-hybridized carbons (Fsp3) is 0.308. The zero-order valence-electron chi connectivity index (χ0n) is 18.8. The number of halogens is 1. The van der Waals surface area contributed by atoms with Crippen molar-refractivity contribution in [3.8, 4) is 0 Å². The number of carbonyl (C=O) groups excluding carboxylic acids is 2. The molecule has 0 radical (unpaired) electrons. The summed E-state index contributed by atoms with van der Waals surface area (Å²) in [4.78, 5) is 25.8. The number of anilines is 1.